The largest absolute Gasteiger partial charge is 0.115 e. The second kappa shape index (κ2) is 3.02. The zero-order chi connectivity index (χ0) is 9.47. The molecular formula is C12H15Cl. The maximum atomic E-state index is 6.21. The van der Waals surface area contributed by atoms with Crippen LogP contribution in [0.15, 0.2) is 24.3 Å². The van der Waals surface area contributed by atoms with Gasteiger partial charge in [-0.2, -0.15) is 0 Å². The van der Waals surface area contributed by atoms with Crippen molar-refractivity contribution in [3.05, 3.63) is 35.4 Å². The minimum absolute atomic E-state index is 0.234. The van der Waals surface area contributed by atoms with Gasteiger partial charge in [0.2, 0.25) is 0 Å². The molecule has 70 valence electrons. The first-order valence-electron chi connectivity index (χ1n) is 4.87. The molecule has 0 bridgehead atoms. The molecule has 0 spiro atoms. The first-order chi connectivity index (χ1) is 6.07. The normalized spacial score (nSPS) is 17.5. The van der Waals surface area contributed by atoms with Crippen molar-refractivity contribution >= 4 is 11.6 Å². The average molecular weight is 195 g/mol. The number of hydrogen-bond acceptors (Lipinski definition) is 0. The molecule has 0 N–H and O–H groups in total. The number of hydrogen-bond donors (Lipinski definition) is 0. The van der Waals surface area contributed by atoms with E-state index in [1.807, 2.05) is 13.8 Å². The summed E-state index contributed by atoms with van der Waals surface area (Å²) in [6.45, 7) is 4.06. The van der Waals surface area contributed by atoms with Crippen molar-refractivity contribution in [1.29, 1.82) is 0 Å². The lowest BCUT2D eigenvalue weighted by Gasteiger charge is -2.16. The van der Waals surface area contributed by atoms with E-state index in [2.05, 4.69) is 24.3 Å². The second-order valence-electron chi connectivity index (χ2n) is 4.37. The second-order valence-corrected chi connectivity index (χ2v) is 5.31. The fraction of sp³-hybridized carbons (Fsp3) is 0.500. The first-order valence-corrected chi connectivity index (χ1v) is 5.24. The SMILES string of the molecule is CC(C)(Cl)c1ccc(C2CC2)cc1. The molecule has 0 radical (unpaired) electrons. The summed E-state index contributed by atoms with van der Waals surface area (Å²) in [7, 11) is 0. The van der Waals surface area contributed by atoms with Crippen molar-refractivity contribution in [2.24, 2.45) is 0 Å². The van der Waals surface area contributed by atoms with Crippen LogP contribution in [0, 0.1) is 0 Å². The number of benzene rings is 1. The zero-order valence-electron chi connectivity index (χ0n) is 8.18. The van der Waals surface area contributed by atoms with Gasteiger partial charge < -0.3 is 0 Å². The van der Waals surface area contributed by atoms with Crippen LogP contribution in [0.2, 0.25) is 0 Å². The van der Waals surface area contributed by atoms with Gasteiger partial charge in [0.25, 0.3) is 0 Å². The van der Waals surface area contributed by atoms with Crippen LogP contribution in [-0.4, -0.2) is 0 Å². The Balaban J connectivity index is 2.22. The van der Waals surface area contributed by atoms with Crippen LogP contribution in [0.25, 0.3) is 0 Å². The van der Waals surface area contributed by atoms with Crippen molar-refractivity contribution < 1.29 is 0 Å². The summed E-state index contributed by atoms with van der Waals surface area (Å²) in [6.07, 6.45) is 2.73. The van der Waals surface area contributed by atoms with Crippen molar-refractivity contribution in [3.8, 4) is 0 Å². The van der Waals surface area contributed by atoms with Crippen molar-refractivity contribution in [3.63, 3.8) is 0 Å². The Morgan fingerprint density at radius 2 is 1.69 bits per heavy atom. The summed E-state index contributed by atoms with van der Waals surface area (Å²) in [6, 6.07) is 8.75. The Morgan fingerprint density at radius 1 is 1.15 bits per heavy atom. The summed E-state index contributed by atoms with van der Waals surface area (Å²) in [5.74, 6) is 0.840. The molecule has 2 rings (SSSR count). The monoisotopic (exact) mass is 194 g/mol. The van der Waals surface area contributed by atoms with Gasteiger partial charge in [0.15, 0.2) is 0 Å². The van der Waals surface area contributed by atoms with Crippen LogP contribution < -0.4 is 0 Å². The van der Waals surface area contributed by atoms with E-state index >= 15 is 0 Å². The standard InChI is InChI=1S/C12H15Cl/c1-12(2,13)11-7-5-10(6-8-11)9-3-4-9/h5-9H,3-4H2,1-2H3. The van der Waals surface area contributed by atoms with Gasteiger partial charge in [-0.3, -0.25) is 0 Å². The molecule has 0 amide bonds. The number of rotatable bonds is 2. The smallest absolute Gasteiger partial charge is 0.0638 e. The van der Waals surface area contributed by atoms with Crippen LogP contribution >= 0.6 is 11.6 Å². The topological polar surface area (TPSA) is 0 Å². The fourth-order valence-corrected chi connectivity index (χ4v) is 1.69. The van der Waals surface area contributed by atoms with E-state index in [0.29, 0.717) is 0 Å². The molecule has 1 saturated carbocycles. The predicted octanol–water partition coefficient (Wildman–Crippen LogP) is 4.04. The van der Waals surface area contributed by atoms with Crippen LogP contribution in [-0.2, 0) is 4.87 Å². The molecule has 13 heavy (non-hydrogen) atoms. The van der Waals surface area contributed by atoms with E-state index < -0.39 is 0 Å². The van der Waals surface area contributed by atoms with Crippen molar-refractivity contribution in [2.45, 2.75) is 37.5 Å². The van der Waals surface area contributed by atoms with E-state index in [4.69, 9.17) is 11.6 Å². The zero-order valence-corrected chi connectivity index (χ0v) is 8.93. The minimum atomic E-state index is -0.234. The summed E-state index contributed by atoms with van der Waals surface area (Å²) < 4.78 is 0. The lowest BCUT2D eigenvalue weighted by Crippen LogP contribution is -2.06. The van der Waals surface area contributed by atoms with Gasteiger partial charge in [-0.15, -0.1) is 11.6 Å². The third kappa shape index (κ3) is 2.05. The number of halogens is 1. The molecule has 0 heterocycles. The molecule has 1 aromatic carbocycles. The summed E-state index contributed by atoms with van der Waals surface area (Å²) in [5.41, 5.74) is 2.68. The van der Waals surface area contributed by atoms with E-state index in [0.717, 1.165) is 5.92 Å². The molecule has 1 aliphatic rings. The van der Waals surface area contributed by atoms with Crippen molar-refractivity contribution in [2.75, 3.05) is 0 Å². The molecule has 0 atom stereocenters. The van der Waals surface area contributed by atoms with E-state index in [1.165, 1.54) is 24.0 Å². The maximum Gasteiger partial charge on any atom is 0.0638 e. The minimum Gasteiger partial charge on any atom is -0.115 e. The molecule has 0 nitrogen and oxygen atoms in total. The first kappa shape index (κ1) is 9.08. The Morgan fingerprint density at radius 3 is 2.08 bits per heavy atom. The van der Waals surface area contributed by atoms with E-state index in [-0.39, 0.29) is 4.87 Å². The molecular weight excluding hydrogens is 180 g/mol. The lowest BCUT2D eigenvalue weighted by atomic mass is 10.00. The van der Waals surface area contributed by atoms with Gasteiger partial charge in [0, 0.05) is 0 Å². The Bertz CT molecular complexity index is 288. The molecule has 0 saturated heterocycles. The summed E-state index contributed by atoms with van der Waals surface area (Å²) >= 11 is 6.21. The Kier molecular flexibility index (Phi) is 2.11. The highest BCUT2D eigenvalue weighted by Crippen LogP contribution is 2.40. The van der Waals surface area contributed by atoms with E-state index in [9.17, 15) is 0 Å². The van der Waals surface area contributed by atoms with Crippen LogP contribution in [0.4, 0.5) is 0 Å². The van der Waals surface area contributed by atoms with Gasteiger partial charge >= 0.3 is 0 Å². The maximum absolute atomic E-state index is 6.21. The third-order valence-corrected chi connectivity index (χ3v) is 2.86. The van der Waals surface area contributed by atoms with Crippen LogP contribution in [0.3, 0.4) is 0 Å². The molecule has 0 aromatic heterocycles. The van der Waals surface area contributed by atoms with Gasteiger partial charge in [0.05, 0.1) is 4.87 Å². The number of alkyl halides is 1. The third-order valence-electron chi connectivity index (χ3n) is 2.65. The van der Waals surface area contributed by atoms with Gasteiger partial charge in [-0.05, 0) is 43.7 Å². The summed E-state index contributed by atoms with van der Waals surface area (Å²) in [5, 5.41) is 0. The molecule has 1 aromatic rings. The van der Waals surface area contributed by atoms with Crippen LogP contribution in [0.1, 0.15) is 43.7 Å². The van der Waals surface area contributed by atoms with Gasteiger partial charge in [-0.25, -0.2) is 0 Å². The van der Waals surface area contributed by atoms with Crippen LogP contribution in [0.5, 0.6) is 0 Å². The molecule has 1 aliphatic carbocycles. The Labute approximate surface area is 84.9 Å². The highest BCUT2D eigenvalue weighted by Gasteiger charge is 2.24. The molecule has 1 fully saturated rings. The predicted molar refractivity (Wildman–Crippen MR) is 57.3 cm³/mol. The molecule has 0 aliphatic heterocycles. The molecule has 0 unspecified atom stereocenters. The lowest BCUT2D eigenvalue weighted by molar-refractivity contribution is 0.765. The van der Waals surface area contributed by atoms with Crippen molar-refractivity contribution in [1.82, 2.24) is 0 Å². The average Bonchev–Trinajstić information content (AvgIpc) is 2.85. The fourth-order valence-electron chi connectivity index (χ4n) is 1.57. The summed E-state index contributed by atoms with van der Waals surface area (Å²) in [4.78, 5) is -0.234. The molecule has 1 heteroatoms. The highest BCUT2D eigenvalue weighted by atomic mass is 35.5. The Hall–Kier alpha value is -0.490. The van der Waals surface area contributed by atoms with E-state index in [1.54, 1.807) is 0 Å². The highest BCUT2D eigenvalue weighted by molar-refractivity contribution is 6.23. The van der Waals surface area contributed by atoms with Gasteiger partial charge in [-0.1, -0.05) is 24.3 Å². The van der Waals surface area contributed by atoms with Gasteiger partial charge in [0.1, 0.15) is 0 Å². The quantitative estimate of drug-likeness (QED) is 0.624.